The molecule has 0 saturated carbocycles. The molecule has 0 spiro atoms. The van der Waals surface area contributed by atoms with E-state index >= 15 is 0 Å². The first-order valence-electron chi connectivity index (χ1n) is 5.56. The van der Waals surface area contributed by atoms with E-state index in [0.717, 1.165) is 18.2 Å². The van der Waals surface area contributed by atoms with Gasteiger partial charge in [0.25, 0.3) is 0 Å². The number of sulfonamides is 1. The summed E-state index contributed by atoms with van der Waals surface area (Å²) in [4.78, 5) is -0.363. The molecule has 0 heterocycles. The van der Waals surface area contributed by atoms with Gasteiger partial charge in [-0.1, -0.05) is 12.2 Å². The Hall–Kier alpha value is -0.900. The molecule has 9 heteroatoms. The Bertz CT molecular complexity index is 646. The maximum Gasteiger partial charge on any atom is 0.240 e. The molecule has 1 aromatic carbocycles. The fraction of sp³-hybridized carbons (Fsp3) is 0.364. The summed E-state index contributed by atoms with van der Waals surface area (Å²) in [6, 6.07) is 3.19. The van der Waals surface area contributed by atoms with Gasteiger partial charge in [0.15, 0.2) is 0 Å². The Morgan fingerprint density at radius 3 is 2.65 bits per heavy atom. The number of benzene rings is 1. The minimum absolute atomic E-state index is 0.0191. The lowest BCUT2D eigenvalue weighted by molar-refractivity contribution is 0.579. The van der Waals surface area contributed by atoms with Crippen molar-refractivity contribution in [3.63, 3.8) is 0 Å². The van der Waals surface area contributed by atoms with Gasteiger partial charge in [-0.15, -0.1) is 0 Å². The quantitative estimate of drug-likeness (QED) is 0.738. The van der Waals surface area contributed by atoms with E-state index in [1.165, 1.54) is 6.26 Å². The van der Waals surface area contributed by atoms with Crippen molar-refractivity contribution in [1.82, 2.24) is 4.72 Å². The van der Waals surface area contributed by atoms with Crippen molar-refractivity contribution in [2.24, 2.45) is 5.73 Å². The lowest BCUT2D eigenvalue weighted by atomic mass is 10.2. The Morgan fingerprint density at radius 1 is 1.55 bits per heavy atom. The van der Waals surface area contributed by atoms with Crippen molar-refractivity contribution in [2.45, 2.75) is 17.1 Å². The zero-order valence-electron chi connectivity index (χ0n) is 10.9. The zero-order valence-corrected chi connectivity index (χ0v) is 13.4. The molecule has 2 atom stereocenters. The van der Waals surface area contributed by atoms with Gasteiger partial charge >= 0.3 is 0 Å². The van der Waals surface area contributed by atoms with E-state index in [1.807, 2.05) is 0 Å². The first-order valence-corrected chi connectivity index (χ1v) is 9.07. The fourth-order valence-electron chi connectivity index (χ4n) is 1.29. The van der Waals surface area contributed by atoms with Gasteiger partial charge in [-0.2, -0.15) is 0 Å². The summed E-state index contributed by atoms with van der Waals surface area (Å²) in [6.07, 6.45) is 1.49. The first kappa shape index (κ1) is 17.2. The lowest BCUT2D eigenvalue weighted by Crippen LogP contribution is -2.32. The van der Waals surface area contributed by atoms with E-state index < -0.39 is 26.6 Å². The van der Waals surface area contributed by atoms with Crippen LogP contribution in [0.4, 0.5) is 4.39 Å². The van der Waals surface area contributed by atoms with Gasteiger partial charge in [-0.25, -0.2) is 17.5 Å². The summed E-state index contributed by atoms with van der Waals surface area (Å²) < 4.78 is 51.0. The summed E-state index contributed by atoms with van der Waals surface area (Å²) >= 11 is 4.65. The Balaban J connectivity index is 3.01. The van der Waals surface area contributed by atoms with Gasteiger partial charge in [-0.05, 0) is 25.1 Å². The monoisotopic (exact) mass is 338 g/mol. The van der Waals surface area contributed by atoms with Crippen LogP contribution >= 0.6 is 12.2 Å². The average Bonchev–Trinajstić information content (AvgIpc) is 2.35. The number of rotatable bonds is 6. The number of nitrogens with two attached hydrogens (primary N) is 1. The van der Waals surface area contributed by atoms with Gasteiger partial charge in [0.2, 0.25) is 10.0 Å². The summed E-state index contributed by atoms with van der Waals surface area (Å²) in [6.45, 7) is 1.68. The molecular weight excluding hydrogens is 323 g/mol. The standard InChI is InChI=1S/C11H15FN2O3S3/c1-7(19(2)15)6-14-20(16,17)8-3-4-10(12)9(5-8)11(13)18/h3-5,7,14H,6H2,1-2H3,(H2,13,18). The predicted octanol–water partition coefficient (Wildman–Crippen LogP) is 0.505. The number of hydrogen-bond acceptors (Lipinski definition) is 4. The van der Waals surface area contributed by atoms with E-state index in [9.17, 15) is 17.0 Å². The molecule has 0 fully saturated rings. The molecule has 1 rings (SSSR count). The number of thiocarbonyl (C=S) groups is 1. The van der Waals surface area contributed by atoms with Gasteiger partial charge in [0, 0.05) is 34.4 Å². The second-order valence-electron chi connectivity index (χ2n) is 4.17. The second kappa shape index (κ2) is 6.70. The van der Waals surface area contributed by atoms with Crippen LogP contribution in [0.5, 0.6) is 0 Å². The van der Waals surface area contributed by atoms with E-state index in [0.29, 0.717) is 0 Å². The molecule has 0 aromatic heterocycles. The van der Waals surface area contributed by atoms with Gasteiger partial charge < -0.3 is 5.73 Å². The van der Waals surface area contributed by atoms with Gasteiger partial charge in [0.05, 0.1) is 4.90 Å². The van der Waals surface area contributed by atoms with Crippen LogP contribution in [-0.4, -0.2) is 35.7 Å². The van der Waals surface area contributed by atoms with Crippen molar-refractivity contribution < 1.29 is 17.0 Å². The zero-order chi connectivity index (χ0) is 15.5. The predicted molar refractivity (Wildman–Crippen MR) is 81.0 cm³/mol. The molecule has 5 nitrogen and oxygen atoms in total. The highest BCUT2D eigenvalue weighted by atomic mass is 32.2. The van der Waals surface area contributed by atoms with E-state index in [-0.39, 0.29) is 27.2 Å². The van der Waals surface area contributed by atoms with E-state index in [4.69, 9.17) is 5.73 Å². The third kappa shape index (κ3) is 4.30. The van der Waals surface area contributed by atoms with E-state index in [2.05, 4.69) is 16.9 Å². The Morgan fingerprint density at radius 2 is 2.15 bits per heavy atom. The maximum atomic E-state index is 13.4. The molecular formula is C11H15FN2O3S3. The molecule has 20 heavy (non-hydrogen) atoms. The second-order valence-corrected chi connectivity index (χ2v) is 8.18. The van der Waals surface area contributed by atoms with Crippen molar-refractivity contribution in [2.75, 3.05) is 12.8 Å². The summed E-state index contributed by atoms with van der Waals surface area (Å²) in [5, 5.41) is -0.333. The van der Waals surface area contributed by atoms with Crippen LogP contribution in [-0.2, 0) is 20.8 Å². The van der Waals surface area contributed by atoms with Crippen LogP contribution in [0.25, 0.3) is 0 Å². The van der Waals surface area contributed by atoms with Crippen LogP contribution in [0.1, 0.15) is 12.5 Å². The van der Waals surface area contributed by atoms with Crippen molar-refractivity contribution in [3.8, 4) is 0 Å². The van der Waals surface area contributed by atoms with Crippen molar-refractivity contribution >= 4 is 38.0 Å². The maximum absolute atomic E-state index is 13.4. The molecule has 0 amide bonds. The summed E-state index contributed by atoms with van der Waals surface area (Å²) in [5.74, 6) is -0.681. The Labute approximate surface area is 125 Å². The number of nitrogens with one attached hydrogen (secondary N) is 1. The lowest BCUT2D eigenvalue weighted by Gasteiger charge is -2.11. The normalized spacial score (nSPS) is 14.8. The van der Waals surface area contributed by atoms with E-state index in [1.54, 1.807) is 6.92 Å². The highest BCUT2D eigenvalue weighted by molar-refractivity contribution is 7.89. The summed E-state index contributed by atoms with van der Waals surface area (Å²) in [5.41, 5.74) is 5.20. The molecule has 0 bridgehead atoms. The van der Waals surface area contributed by atoms with Crippen LogP contribution < -0.4 is 10.5 Å². The summed E-state index contributed by atoms with van der Waals surface area (Å²) in [7, 11) is -4.97. The van der Waals surface area contributed by atoms with Crippen LogP contribution in [0.15, 0.2) is 23.1 Å². The molecule has 3 N–H and O–H groups in total. The number of halogens is 1. The number of hydrogen-bond donors (Lipinski definition) is 2. The Kier molecular flexibility index (Phi) is 5.75. The van der Waals surface area contributed by atoms with Crippen LogP contribution in [0.2, 0.25) is 0 Å². The van der Waals surface area contributed by atoms with Crippen LogP contribution in [0, 0.1) is 5.82 Å². The largest absolute Gasteiger partial charge is 0.389 e. The first-order chi connectivity index (χ1) is 9.15. The molecule has 0 saturated heterocycles. The molecule has 0 aliphatic heterocycles. The highest BCUT2D eigenvalue weighted by Crippen LogP contribution is 2.15. The fourth-order valence-corrected chi connectivity index (χ4v) is 3.02. The molecule has 2 unspecified atom stereocenters. The molecule has 0 aliphatic rings. The third-order valence-corrected chi connectivity index (χ3v) is 5.58. The minimum atomic E-state index is -3.83. The average molecular weight is 338 g/mol. The third-order valence-electron chi connectivity index (χ3n) is 2.64. The van der Waals surface area contributed by atoms with Crippen molar-refractivity contribution in [1.29, 1.82) is 0 Å². The molecule has 112 valence electrons. The molecule has 0 aliphatic carbocycles. The topological polar surface area (TPSA) is 89.3 Å². The van der Waals surface area contributed by atoms with Crippen molar-refractivity contribution in [3.05, 3.63) is 29.6 Å². The van der Waals surface area contributed by atoms with Gasteiger partial charge in [-0.3, -0.25) is 4.21 Å². The van der Waals surface area contributed by atoms with Crippen LogP contribution in [0.3, 0.4) is 0 Å². The smallest absolute Gasteiger partial charge is 0.240 e. The molecule has 0 radical (unpaired) electrons. The SMILES string of the molecule is CC(CNS(=O)(=O)c1ccc(F)c(C(N)=S)c1)S(C)=O. The highest BCUT2D eigenvalue weighted by Gasteiger charge is 2.18. The molecule has 1 aromatic rings. The minimum Gasteiger partial charge on any atom is -0.389 e. The van der Waals surface area contributed by atoms with Gasteiger partial charge in [0.1, 0.15) is 10.8 Å².